The zero-order valence-corrected chi connectivity index (χ0v) is 16.8. The number of ether oxygens (including phenoxy) is 2. The number of hydrogen-bond donors (Lipinski definition) is 0. The Morgan fingerprint density at radius 2 is 1.71 bits per heavy atom. The van der Waals surface area contributed by atoms with E-state index in [4.69, 9.17) is 9.47 Å². The lowest BCUT2D eigenvalue weighted by atomic mass is 9.99. The average molecular weight is 381 g/mol. The summed E-state index contributed by atoms with van der Waals surface area (Å²) in [6, 6.07) is 19.5. The lowest BCUT2D eigenvalue weighted by Gasteiger charge is -2.26. The van der Waals surface area contributed by atoms with Crippen molar-refractivity contribution in [2.75, 3.05) is 57.4 Å². The van der Waals surface area contributed by atoms with Crippen molar-refractivity contribution < 1.29 is 9.47 Å². The molecule has 1 unspecified atom stereocenters. The Kier molecular flexibility index (Phi) is 6.85. The fraction of sp³-hybridized carbons (Fsp3) is 0.500. The van der Waals surface area contributed by atoms with Crippen LogP contribution in [0.3, 0.4) is 0 Å². The smallest absolute Gasteiger partial charge is 0.119 e. The molecule has 0 radical (unpaired) electrons. The van der Waals surface area contributed by atoms with Crippen molar-refractivity contribution in [2.45, 2.75) is 19.3 Å². The molecule has 4 heteroatoms. The fourth-order valence-electron chi connectivity index (χ4n) is 4.23. The van der Waals surface area contributed by atoms with Crippen molar-refractivity contribution in [3.05, 3.63) is 60.2 Å². The molecule has 0 spiro atoms. The summed E-state index contributed by atoms with van der Waals surface area (Å²) in [5.41, 5.74) is 2.77. The predicted octanol–water partition coefficient (Wildman–Crippen LogP) is 3.86. The van der Waals surface area contributed by atoms with Crippen molar-refractivity contribution in [2.24, 2.45) is 5.92 Å². The Morgan fingerprint density at radius 3 is 2.50 bits per heavy atom. The molecule has 2 heterocycles. The fourth-order valence-corrected chi connectivity index (χ4v) is 4.23. The first-order valence-corrected chi connectivity index (χ1v) is 10.7. The van der Waals surface area contributed by atoms with Crippen LogP contribution in [0.1, 0.15) is 18.4 Å². The van der Waals surface area contributed by atoms with Crippen LogP contribution in [-0.2, 0) is 11.2 Å². The van der Waals surface area contributed by atoms with E-state index < -0.39 is 0 Å². The minimum Gasteiger partial charge on any atom is -0.494 e. The number of hydrogen-bond acceptors (Lipinski definition) is 4. The largest absolute Gasteiger partial charge is 0.494 e. The number of benzene rings is 2. The SMILES string of the molecule is c1ccc(N2CCC(Cc3ccc(OCCCN4CCOCC4)cc3)C2)cc1. The summed E-state index contributed by atoms with van der Waals surface area (Å²) in [4.78, 5) is 4.97. The summed E-state index contributed by atoms with van der Waals surface area (Å²) in [7, 11) is 0. The van der Waals surface area contributed by atoms with Crippen molar-refractivity contribution in [1.29, 1.82) is 0 Å². The van der Waals surface area contributed by atoms with Gasteiger partial charge in [0.25, 0.3) is 0 Å². The van der Waals surface area contributed by atoms with Crippen molar-refractivity contribution >= 4 is 5.69 Å². The Morgan fingerprint density at radius 1 is 0.929 bits per heavy atom. The van der Waals surface area contributed by atoms with E-state index in [2.05, 4.69) is 64.4 Å². The first-order chi connectivity index (χ1) is 13.9. The molecule has 2 aliphatic heterocycles. The Bertz CT molecular complexity index is 698. The Hall–Kier alpha value is -2.04. The van der Waals surface area contributed by atoms with Gasteiger partial charge in [-0.15, -0.1) is 0 Å². The summed E-state index contributed by atoms with van der Waals surface area (Å²) in [6.07, 6.45) is 3.49. The van der Waals surface area contributed by atoms with Crippen LogP contribution in [0.5, 0.6) is 5.75 Å². The summed E-state index contributed by atoms with van der Waals surface area (Å²) >= 11 is 0. The molecule has 4 nitrogen and oxygen atoms in total. The molecule has 0 aromatic heterocycles. The van der Waals surface area contributed by atoms with Gasteiger partial charge in [-0.25, -0.2) is 0 Å². The van der Waals surface area contributed by atoms with Gasteiger partial charge >= 0.3 is 0 Å². The standard InChI is InChI=1S/C24H32N2O2/c1-2-5-23(6-3-1)26-13-11-22(20-26)19-21-7-9-24(10-8-21)28-16-4-12-25-14-17-27-18-15-25/h1-3,5-10,22H,4,11-20H2. The van der Waals surface area contributed by atoms with Gasteiger partial charge in [0, 0.05) is 38.4 Å². The van der Waals surface area contributed by atoms with Crippen molar-refractivity contribution in [1.82, 2.24) is 4.90 Å². The van der Waals surface area contributed by atoms with Crippen LogP contribution in [0, 0.1) is 5.92 Å². The monoisotopic (exact) mass is 380 g/mol. The maximum Gasteiger partial charge on any atom is 0.119 e. The van der Waals surface area contributed by atoms with Crippen LogP contribution in [0.25, 0.3) is 0 Å². The lowest BCUT2D eigenvalue weighted by molar-refractivity contribution is 0.0358. The van der Waals surface area contributed by atoms with Crippen molar-refractivity contribution in [3.63, 3.8) is 0 Å². The van der Waals surface area contributed by atoms with E-state index in [1.165, 1.54) is 24.2 Å². The number of morpholine rings is 1. The molecule has 0 aliphatic carbocycles. The number of rotatable bonds is 8. The van der Waals surface area contributed by atoms with Crippen LogP contribution >= 0.6 is 0 Å². The van der Waals surface area contributed by atoms with E-state index in [1.807, 2.05) is 0 Å². The van der Waals surface area contributed by atoms with Gasteiger partial charge in [0.05, 0.1) is 19.8 Å². The summed E-state index contributed by atoms with van der Waals surface area (Å²) in [6.45, 7) is 8.04. The zero-order valence-electron chi connectivity index (χ0n) is 16.8. The average Bonchev–Trinajstić information content (AvgIpc) is 3.22. The lowest BCUT2D eigenvalue weighted by Crippen LogP contribution is -2.37. The zero-order chi connectivity index (χ0) is 19.0. The van der Waals surface area contributed by atoms with Crippen LogP contribution < -0.4 is 9.64 Å². The van der Waals surface area contributed by atoms with Gasteiger partial charge < -0.3 is 14.4 Å². The molecule has 2 saturated heterocycles. The van der Waals surface area contributed by atoms with E-state index in [1.54, 1.807) is 0 Å². The normalized spacial score (nSPS) is 20.4. The molecule has 150 valence electrons. The van der Waals surface area contributed by atoms with E-state index in [9.17, 15) is 0 Å². The molecule has 2 aliphatic rings. The molecule has 2 fully saturated rings. The molecule has 0 saturated carbocycles. The number of nitrogens with zero attached hydrogens (tertiary/aromatic N) is 2. The van der Waals surface area contributed by atoms with Gasteiger partial charge in [0.15, 0.2) is 0 Å². The van der Waals surface area contributed by atoms with Crippen LogP contribution in [-0.4, -0.2) is 57.4 Å². The Balaban J connectivity index is 1.17. The second-order valence-electron chi connectivity index (χ2n) is 7.94. The first-order valence-electron chi connectivity index (χ1n) is 10.7. The predicted molar refractivity (Wildman–Crippen MR) is 114 cm³/mol. The highest BCUT2D eigenvalue weighted by Gasteiger charge is 2.22. The molecule has 2 aromatic carbocycles. The third-order valence-corrected chi connectivity index (χ3v) is 5.85. The maximum atomic E-state index is 5.93. The topological polar surface area (TPSA) is 24.9 Å². The second kappa shape index (κ2) is 9.94. The van der Waals surface area contributed by atoms with Crippen molar-refractivity contribution in [3.8, 4) is 5.75 Å². The molecule has 2 aromatic rings. The summed E-state index contributed by atoms with van der Waals surface area (Å²) < 4.78 is 11.3. The highest BCUT2D eigenvalue weighted by atomic mass is 16.5. The van der Waals surface area contributed by atoms with Gasteiger partial charge in [-0.2, -0.15) is 0 Å². The number of anilines is 1. The minimum absolute atomic E-state index is 0.737. The third kappa shape index (κ3) is 5.49. The van der Waals surface area contributed by atoms with Gasteiger partial charge in [0.2, 0.25) is 0 Å². The number of para-hydroxylation sites is 1. The van der Waals surface area contributed by atoms with Gasteiger partial charge in [-0.05, 0) is 55.0 Å². The van der Waals surface area contributed by atoms with Crippen LogP contribution in [0.4, 0.5) is 5.69 Å². The Labute approximate surface area is 169 Å². The van der Waals surface area contributed by atoms with Gasteiger partial charge in [-0.1, -0.05) is 30.3 Å². The molecule has 4 rings (SSSR count). The van der Waals surface area contributed by atoms with E-state index in [-0.39, 0.29) is 0 Å². The maximum absolute atomic E-state index is 5.93. The van der Waals surface area contributed by atoms with E-state index in [0.717, 1.165) is 70.5 Å². The quantitative estimate of drug-likeness (QED) is 0.650. The summed E-state index contributed by atoms with van der Waals surface area (Å²) in [5.74, 6) is 1.73. The second-order valence-corrected chi connectivity index (χ2v) is 7.94. The van der Waals surface area contributed by atoms with E-state index in [0.29, 0.717) is 0 Å². The third-order valence-electron chi connectivity index (χ3n) is 5.85. The molecule has 0 bridgehead atoms. The summed E-state index contributed by atoms with van der Waals surface area (Å²) in [5, 5.41) is 0. The molecule has 28 heavy (non-hydrogen) atoms. The molecular formula is C24H32N2O2. The highest BCUT2D eigenvalue weighted by Crippen LogP contribution is 2.26. The minimum atomic E-state index is 0.737. The molecule has 0 amide bonds. The van der Waals surface area contributed by atoms with Crippen LogP contribution in [0.2, 0.25) is 0 Å². The first kappa shape index (κ1) is 19.3. The van der Waals surface area contributed by atoms with Gasteiger partial charge in [0.1, 0.15) is 5.75 Å². The molecular weight excluding hydrogens is 348 g/mol. The highest BCUT2D eigenvalue weighted by molar-refractivity contribution is 5.47. The van der Waals surface area contributed by atoms with Gasteiger partial charge in [-0.3, -0.25) is 4.90 Å². The van der Waals surface area contributed by atoms with Crippen LogP contribution in [0.15, 0.2) is 54.6 Å². The molecule has 1 atom stereocenters. The molecule has 0 N–H and O–H groups in total. The van der Waals surface area contributed by atoms with E-state index >= 15 is 0 Å².